The Labute approximate surface area is 205 Å². The zero-order valence-corrected chi connectivity index (χ0v) is 21.7. The number of carbonyl (C=O) groups excluding carboxylic acids is 2. The summed E-state index contributed by atoms with van der Waals surface area (Å²) in [6.45, 7) is 10.6. The monoisotopic (exact) mass is 491 g/mol. The summed E-state index contributed by atoms with van der Waals surface area (Å²) in [4.78, 5) is 30.3. The average Bonchev–Trinajstić information content (AvgIpc) is 3.19. The number of epoxide rings is 1. The zero-order chi connectivity index (χ0) is 25.3. The normalized spacial score (nSPS) is 37.1. The van der Waals surface area contributed by atoms with Crippen LogP contribution in [0.25, 0.3) is 6.08 Å². The third-order valence-corrected chi connectivity index (χ3v) is 7.96. The molecule has 0 bridgehead atoms. The van der Waals surface area contributed by atoms with E-state index in [1.165, 1.54) is 0 Å². The molecule has 6 atom stereocenters. The first kappa shape index (κ1) is 26.7. The molecule has 8 heteroatoms. The topological polar surface area (TPSA) is 109 Å². The molecule has 188 valence electrons. The summed E-state index contributed by atoms with van der Waals surface area (Å²) < 4.78 is 11.7. The molecule has 0 aromatic carbocycles. The van der Waals surface area contributed by atoms with E-state index in [1.807, 2.05) is 44.4 Å². The average molecular weight is 492 g/mol. The maximum Gasteiger partial charge on any atom is 0.309 e. The van der Waals surface area contributed by atoms with Gasteiger partial charge in [0.05, 0.1) is 46.5 Å². The summed E-state index contributed by atoms with van der Waals surface area (Å²) in [7, 11) is 0. The van der Waals surface area contributed by atoms with Gasteiger partial charge >= 0.3 is 5.97 Å². The minimum atomic E-state index is -1.24. The Hall–Kier alpha value is -1.87. The fraction of sp³-hybridized carbons (Fsp3) is 0.654. The molecule has 2 N–H and O–H groups in total. The molecule has 3 rings (SSSR count). The number of Topliss-reactive ketones (excluding diaryl/α,β-unsaturated/α-hetero) is 1. The molecule has 0 saturated carbocycles. The standard InChI is InChI=1S/C26H37NO6S/c1-15-8-7-11-26(6)21(33-26)12-19(10-9-18-14-34-17(3)27-18)32-22(29)13-20(28)25(4,5)24(31)16(2)23(15)30/h8-10,14,16,19-21,23,28,30H,7,11-13H2,1-6H3/b10-9?,15-8+/t16-,19-,20+,21+,23+,26-/m1/s1. The van der Waals surface area contributed by atoms with E-state index in [-0.39, 0.29) is 23.9 Å². The Balaban J connectivity index is 1.84. The van der Waals surface area contributed by atoms with Crippen molar-refractivity contribution in [3.63, 3.8) is 0 Å². The number of allylic oxidation sites excluding steroid dienone is 1. The van der Waals surface area contributed by atoms with Gasteiger partial charge in [-0.3, -0.25) is 9.59 Å². The van der Waals surface area contributed by atoms with Crippen molar-refractivity contribution in [3.8, 4) is 0 Å². The second-order valence-corrected chi connectivity index (χ2v) is 11.4. The van der Waals surface area contributed by atoms with E-state index in [2.05, 4.69) is 4.98 Å². The lowest BCUT2D eigenvalue weighted by atomic mass is 9.74. The number of aryl methyl sites for hydroxylation is 1. The highest BCUT2D eigenvalue weighted by Gasteiger charge is 2.52. The number of hydrogen-bond donors (Lipinski definition) is 2. The van der Waals surface area contributed by atoms with Crippen molar-refractivity contribution in [2.75, 3.05) is 0 Å². The summed E-state index contributed by atoms with van der Waals surface area (Å²) >= 11 is 1.54. The molecule has 2 aliphatic rings. The zero-order valence-electron chi connectivity index (χ0n) is 20.9. The Morgan fingerprint density at radius 3 is 2.56 bits per heavy atom. The first-order valence-electron chi connectivity index (χ1n) is 11.9. The number of carbonyl (C=O) groups is 2. The van der Waals surface area contributed by atoms with Crippen LogP contribution in [0.1, 0.15) is 71.0 Å². The van der Waals surface area contributed by atoms with Gasteiger partial charge in [-0.2, -0.15) is 0 Å². The van der Waals surface area contributed by atoms with Crippen LogP contribution in [0.15, 0.2) is 23.1 Å². The van der Waals surface area contributed by atoms with Crippen molar-refractivity contribution < 1.29 is 29.3 Å². The van der Waals surface area contributed by atoms with Gasteiger partial charge in [0.25, 0.3) is 0 Å². The van der Waals surface area contributed by atoms with Crippen LogP contribution in [0.4, 0.5) is 0 Å². The predicted molar refractivity (Wildman–Crippen MR) is 131 cm³/mol. The molecule has 0 amide bonds. The molecular formula is C26H37NO6S. The summed E-state index contributed by atoms with van der Waals surface area (Å²) in [6, 6.07) is 0. The van der Waals surface area contributed by atoms with E-state index >= 15 is 0 Å². The third kappa shape index (κ3) is 6.22. The fourth-order valence-electron chi connectivity index (χ4n) is 4.47. The second-order valence-electron chi connectivity index (χ2n) is 10.4. The maximum atomic E-state index is 13.1. The van der Waals surface area contributed by atoms with Gasteiger partial charge in [-0.25, -0.2) is 4.98 Å². The molecular weight excluding hydrogens is 454 g/mol. The Morgan fingerprint density at radius 2 is 1.91 bits per heavy atom. The Kier molecular flexibility index (Phi) is 8.18. The van der Waals surface area contributed by atoms with Crippen LogP contribution < -0.4 is 0 Å². The van der Waals surface area contributed by atoms with Crippen LogP contribution in [0.5, 0.6) is 0 Å². The van der Waals surface area contributed by atoms with Crippen LogP contribution in [0.2, 0.25) is 0 Å². The Morgan fingerprint density at radius 1 is 1.21 bits per heavy atom. The SMILES string of the molecule is C/C1=C\CC[C@@]2(C)O[C@H]2C[C@@H](C=Cc2csc(C)n2)OC(=O)C[C@H](O)C(C)(C)C(=O)[C@H](C)[C@H]1O. The molecule has 0 aliphatic carbocycles. The van der Waals surface area contributed by atoms with Crippen molar-refractivity contribution in [1.29, 1.82) is 0 Å². The molecule has 1 aromatic rings. The van der Waals surface area contributed by atoms with Gasteiger partial charge in [0.1, 0.15) is 11.9 Å². The van der Waals surface area contributed by atoms with Crippen molar-refractivity contribution >= 4 is 29.2 Å². The van der Waals surface area contributed by atoms with E-state index in [9.17, 15) is 19.8 Å². The van der Waals surface area contributed by atoms with Gasteiger partial charge in [0, 0.05) is 17.7 Å². The molecule has 1 saturated heterocycles. The smallest absolute Gasteiger partial charge is 0.309 e. The van der Waals surface area contributed by atoms with Crippen LogP contribution in [0, 0.1) is 18.3 Å². The van der Waals surface area contributed by atoms with Gasteiger partial charge in [0.2, 0.25) is 0 Å². The minimum Gasteiger partial charge on any atom is -0.458 e. The quantitative estimate of drug-likeness (QED) is 0.365. The number of aromatic nitrogens is 1. The van der Waals surface area contributed by atoms with Crippen LogP contribution in [0.3, 0.4) is 0 Å². The van der Waals surface area contributed by atoms with E-state index in [0.29, 0.717) is 12.8 Å². The number of aliphatic hydroxyl groups is 2. The number of ether oxygens (including phenoxy) is 2. The van der Waals surface area contributed by atoms with Gasteiger partial charge in [-0.1, -0.05) is 26.8 Å². The molecule has 34 heavy (non-hydrogen) atoms. The molecule has 3 heterocycles. The Bertz CT molecular complexity index is 966. The highest BCUT2D eigenvalue weighted by Crippen LogP contribution is 2.44. The van der Waals surface area contributed by atoms with Crippen LogP contribution in [-0.2, 0) is 19.1 Å². The summed E-state index contributed by atoms with van der Waals surface area (Å²) in [5.74, 6) is -1.60. The second kappa shape index (κ2) is 10.4. The lowest BCUT2D eigenvalue weighted by molar-refractivity contribution is -0.153. The molecule has 0 unspecified atom stereocenters. The largest absolute Gasteiger partial charge is 0.458 e. The van der Waals surface area contributed by atoms with E-state index in [4.69, 9.17) is 9.47 Å². The molecule has 1 fully saturated rings. The number of cyclic esters (lactones) is 1. The van der Waals surface area contributed by atoms with E-state index in [0.717, 1.165) is 22.7 Å². The van der Waals surface area contributed by atoms with E-state index in [1.54, 1.807) is 32.1 Å². The highest BCUT2D eigenvalue weighted by atomic mass is 32.1. The van der Waals surface area contributed by atoms with Gasteiger partial charge in [-0.05, 0) is 51.3 Å². The fourth-order valence-corrected chi connectivity index (χ4v) is 5.05. The van der Waals surface area contributed by atoms with Crippen molar-refractivity contribution in [3.05, 3.63) is 33.8 Å². The first-order chi connectivity index (χ1) is 15.8. The van der Waals surface area contributed by atoms with Crippen molar-refractivity contribution in [2.45, 2.75) is 97.2 Å². The van der Waals surface area contributed by atoms with Crippen molar-refractivity contribution in [1.82, 2.24) is 4.98 Å². The number of hydrogen-bond acceptors (Lipinski definition) is 8. The van der Waals surface area contributed by atoms with Gasteiger partial charge in [-0.15, -0.1) is 11.3 Å². The number of esters is 1. The summed E-state index contributed by atoms with van der Waals surface area (Å²) in [5.41, 5.74) is -0.0431. The summed E-state index contributed by atoms with van der Waals surface area (Å²) in [5, 5.41) is 24.4. The molecule has 2 aliphatic heterocycles. The van der Waals surface area contributed by atoms with E-state index < -0.39 is 35.6 Å². The predicted octanol–water partition coefficient (Wildman–Crippen LogP) is 4.01. The molecule has 0 spiro atoms. The number of ketones is 1. The highest BCUT2D eigenvalue weighted by molar-refractivity contribution is 7.09. The number of nitrogens with zero attached hydrogens (tertiary/aromatic N) is 1. The van der Waals surface area contributed by atoms with Gasteiger partial charge in [0.15, 0.2) is 0 Å². The molecule has 1 aromatic heterocycles. The lowest BCUT2D eigenvalue weighted by Gasteiger charge is -2.33. The first-order valence-corrected chi connectivity index (χ1v) is 12.8. The number of fused-ring (bicyclic) bond motifs is 1. The van der Waals surface area contributed by atoms with Crippen molar-refractivity contribution in [2.24, 2.45) is 11.3 Å². The number of rotatable bonds is 2. The third-order valence-electron chi connectivity index (χ3n) is 7.17. The maximum absolute atomic E-state index is 13.1. The van der Waals surface area contributed by atoms with Crippen LogP contribution in [-0.4, -0.2) is 57.0 Å². The lowest BCUT2D eigenvalue weighted by Crippen LogP contribution is -2.44. The molecule has 0 radical (unpaired) electrons. The number of aliphatic hydroxyl groups excluding tert-OH is 2. The minimum absolute atomic E-state index is 0.0690. The van der Waals surface area contributed by atoms with Crippen LogP contribution >= 0.6 is 11.3 Å². The number of thiazole rings is 1. The van der Waals surface area contributed by atoms with Gasteiger partial charge < -0.3 is 19.7 Å². The summed E-state index contributed by atoms with van der Waals surface area (Å²) in [6.07, 6.45) is 4.40. The molecule has 7 nitrogen and oxygen atoms in total.